The predicted molar refractivity (Wildman–Crippen MR) is 89.5 cm³/mol. The highest BCUT2D eigenvalue weighted by atomic mass is 15.3. The molecule has 22 heavy (non-hydrogen) atoms. The van der Waals surface area contributed by atoms with E-state index in [0.717, 1.165) is 29.7 Å². The Morgan fingerprint density at radius 1 is 1.09 bits per heavy atom. The number of rotatable bonds is 2. The zero-order chi connectivity index (χ0) is 15.3. The normalized spacial score (nSPS) is 13.6. The van der Waals surface area contributed by atoms with Crippen LogP contribution in [-0.2, 0) is 12.8 Å². The molecular formula is C18H20N4. The molecule has 0 amide bonds. The van der Waals surface area contributed by atoms with E-state index in [9.17, 15) is 0 Å². The van der Waals surface area contributed by atoms with Crippen LogP contribution in [0.4, 0.5) is 5.69 Å². The lowest BCUT2D eigenvalue weighted by atomic mass is 10.1. The quantitative estimate of drug-likeness (QED) is 0.727. The van der Waals surface area contributed by atoms with Crippen LogP contribution in [0.1, 0.15) is 23.4 Å². The summed E-state index contributed by atoms with van der Waals surface area (Å²) >= 11 is 0. The molecule has 2 heterocycles. The average Bonchev–Trinajstić information content (AvgIpc) is 3.07. The molecule has 0 aliphatic heterocycles. The van der Waals surface area contributed by atoms with Crippen molar-refractivity contribution in [3.63, 3.8) is 0 Å². The number of nitrogens with zero attached hydrogens (tertiary/aromatic N) is 4. The zero-order valence-corrected chi connectivity index (χ0v) is 13.3. The van der Waals surface area contributed by atoms with Gasteiger partial charge in [0.05, 0.1) is 5.69 Å². The first kappa shape index (κ1) is 13.3. The van der Waals surface area contributed by atoms with Crippen molar-refractivity contribution in [1.29, 1.82) is 0 Å². The van der Waals surface area contributed by atoms with Crippen LogP contribution in [0.25, 0.3) is 16.8 Å². The van der Waals surface area contributed by atoms with Gasteiger partial charge in [-0.1, -0.05) is 12.1 Å². The van der Waals surface area contributed by atoms with Crippen LogP contribution in [0, 0.1) is 6.92 Å². The van der Waals surface area contributed by atoms with Crippen molar-refractivity contribution in [3.05, 3.63) is 47.4 Å². The minimum absolute atomic E-state index is 0.982. The molecule has 0 bridgehead atoms. The van der Waals surface area contributed by atoms with Gasteiger partial charge < -0.3 is 4.90 Å². The van der Waals surface area contributed by atoms with Crippen LogP contribution in [-0.4, -0.2) is 28.7 Å². The van der Waals surface area contributed by atoms with Gasteiger partial charge in [0.2, 0.25) is 0 Å². The molecule has 4 rings (SSSR count). The first-order chi connectivity index (χ1) is 10.6. The van der Waals surface area contributed by atoms with E-state index in [-0.39, 0.29) is 0 Å². The molecule has 0 saturated heterocycles. The van der Waals surface area contributed by atoms with Gasteiger partial charge in [-0.05, 0) is 49.4 Å². The van der Waals surface area contributed by atoms with E-state index in [1.54, 1.807) is 0 Å². The van der Waals surface area contributed by atoms with Crippen molar-refractivity contribution < 1.29 is 0 Å². The molecule has 0 unspecified atom stereocenters. The monoisotopic (exact) mass is 292 g/mol. The third-order valence-electron chi connectivity index (χ3n) is 4.48. The van der Waals surface area contributed by atoms with E-state index in [1.165, 1.54) is 28.9 Å². The fourth-order valence-corrected chi connectivity index (χ4v) is 3.29. The second kappa shape index (κ2) is 4.83. The molecule has 0 fully saturated rings. The number of fused-ring (bicyclic) bond motifs is 2. The number of aromatic nitrogens is 3. The summed E-state index contributed by atoms with van der Waals surface area (Å²) in [5.74, 6) is 0. The molecule has 1 aliphatic rings. The Balaban J connectivity index is 1.88. The van der Waals surface area contributed by atoms with E-state index < -0.39 is 0 Å². The van der Waals surface area contributed by atoms with Gasteiger partial charge in [-0.3, -0.25) is 0 Å². The van der Waals surface area contributed by atoms with E-state index in [2.05, 4.69) is 61.5 Å². The molecule has 0 N–H and O–H groups in total. The zero-order valence-electron chi connectivity index (χ0n) is 13.3. The Morgan fingerprint density at radius 2 is 1.86 bits per heavy atom. The SMILES string of the molecule is Cc1nn2cc3c(nc2c1-c1ccc(N(C)C)cc1)CCC3. The van der Waals surface area contributed by atoms with Crippen LogP contribution in [0.2, 0.25) is 0 Å². The second-order valence-electron chi connectivity index (χ2n) is 6.24. The van der Waals surface area contributed by atoms with Gasteiger partial charge in [0, 0.05) is 37.2 Å². The summed E-state index contributed by atoms with van der Waals surface area (Å²) in [6, 6.07) is 8.61. The molecule has 2 aromatic heterocycles. The Morgan fingerprint density at radius 3 is 2.59 bits per heavy atom. The molecule has 0 spiro atoms. The molecule has 4 heteroatoms. The lowest BCUT2D eigenvalue weighted by molar-refractivity contribution is 0.895. The van der Waals surface area contributed by atoms with Crippen molar-refractivity contribution in [3.8, 4) is 11.1 Å². The third kappa shape index (κ3) is 1.98. The molecular weight excluding hydrogens is 272 g/mol. The van der Waals surface area contributed by atoms with Crippen molar-refractivity contribution in [1.82, 2.24) is 14.6 Å². The molecule has 1 aromatic carbocycles. The van der Waals surface area contributed by atoms with Crippen LogP contribution in [0.3, 0.4) is 0 Å². The van der Waals surface area contributed by atoms with Gasteiger partial charge >= 0.3 is 0 Å². The fraction of sp³-hybridized carbons (Fsp3) is 0.333. The number of aryl methyl sites for hydroxylation is 3. The summed E-state index contributed by atoms with van der Waals surface area (Å²) in [4.78, 5) is 7.01. The summed E-state index contributed by atoms with van der Waals surface area (Å²) in [6.45, 7) is 2.06. The summed E-state index contributed by atoms with van der Waals surface area (Å²) in [7, 11) is 4.11. The number of benzene rings is 1. The van der Waals surface area contributed by atoms with E-state index in [0.29, 0.717) is 0 Å². The highest BCUT2D eigenvalue weighted by Gasteiger charge is 2.18. The molecule has 1 aliphatic carbocycles. The fourth-order valence-electron chi connectivity index (χ4n) is 3.29. The van der Waals surface area contributed by atoms with Gasteiger partial charge in [-0.2, -0.15) is 5.10 Å². The van der Waals surface area contributed by atoms with Crippen molar-refractivity contribution >= 4 is 11.3 Å². The van der Waals surface area contributed by atoms with Gasteiger partial charge in [-0.25, -0.2) is 9.50 Å². The maximum absolute atomic E-state index is 4.90. The summed E-state index contributed by atoms with van der Waals surface area (Å²) < 4.78 is 1.95. The van der Waals surface area contributed by atoms with Crippen molar-refractivity contribution in [2.75, 3.05) is 19.0 Å². The van der Waals surface area contributed by atoms with Crippen LogP contribution in [0.5, 0.6) is 0 Å². The van der Waals surface area contributed by atoms with Crippen molar-refractivity contribution in [2.45, 2.75) is 26.2 Å². The van der Waals surface area contributed by atoms with E-state index >= 15 is 0 Å². The van der Waals surface area contributed by atoms with Gasteiger partial charge in [0.1, 0.15) is 0 Å². The smallest absolute Gasteiger partial charge is 0.163 e. The minimum Gasteiger partial charge on any atom is -0.378 e. The van der Waals surface area contributed by atoms with Crippen LogP contribution in [0.15, 0.2) is 30.5 Å². The molecule has 3 aromatic rings. The number of anilines is 1. The highest BCUT2D eigenvalue weighted by Crippen LogP contribution is 2.30. The standard InChI is InChI=1S/C18H20N4/c1-12-17(13-7-9-15(10-8-13)21(2)3)18-19-16-6-4-5-14(16)11-22(18)20-12/h7-11H,4-6H2,1-3H3. The molecule has 112 valence electrons. The Kier molecular flexibility index (Phi) is 2.93. The molecule has 0 atom stereocenters. The third-order valence-corrected chi connectivity index (χ3v) is 4.48. The topological polar surface area (TPSA) is 33.4 Å². The van der Waals surface area contributed by atoms with Gasteiger partial charge in [-0.15, -0.1) is 0 Å². The Bertz CT molecular complexity index is 844. The lowest BCUT2D eigenvalue weighted by Gasteiger charge is -2.12. The largest absolute Gasteiger partial charge is 0.378 e. The number of hydrogen-bond acceptors (Lipinski definition) is 3. The first-order valence-electron chi connectivity index (χ1n) is 7.79. The molecule has 0 saturated carbocycles. The second-order valence-corrected chi connectivity index (χ2v) is 6.24. The van der Waals surface area contributed by atoms with Crippen molar-refractivity contribution in [2.24, 2.45) is 0 Å². The first-order valence-corrected chi connectivity index (χ1v) is 7.79. The summed E-state index contributed by atoms with van der Waals surface area (Å²) in [5.41, 5.74) is 8.16. The average molecular weight is 292 g/mol. The molecule has 0 radical (unpaired) electrons. The maximum Gasteiger partial charge on any atom is 0.163 e. The summed E-state index contributed by atoms with van der Waals surface area (Å²) in [6.07, 6.45) is 5.59. The van der Waals surface area contributed by atoms with Gasteiger partial charge in [0.25, 0.3) is 0 Å². The Hall–Kier alpha value is -2.36. The maximum atomic E-state index is 4.90. The minimum atomic E-state index is 0.982. The highest BCUT2D eigenvalue weighted by molar-refractivity contribution is 5.80. The number of hydrogen-bond donors (Lipinski definition) is 0. The Labute approximate surface area is 130 Å². The van der Waals surface area contributed by atoms with E-state index in [1.807, 2.05) is 4.52 Å². The van der Waals surface area contributed by atoms with E-state index in [4.69, 9.17) is 4.98 Å². The molecule has 4 nitrogen and oxygen atoms in total. The predicted octanol–water partition coefficient (Wildman–Crippen LogP) is 3.26. The lowest BCUT2D eigenvalue weighted by Crippen LogP contribution is -2.07. The summed E-state index contributed by atoms with van der Waals surface area (Å²) in [5, 5.41) is 4.67. The van der Waals surface area contributed by atoms with Crippen LogP contribution >= 0.6 is 0 Å². The van der Waals surface area contributed by atoms with Gasteiger partial charge in [0.15, 0.2) is 5.65 Å². The van der Waals surface area contributed by atoms with Crippen LogP contribution < -0.4 is 4.90 Å².